The number of pyridine rings is 1. The Morgan fingerprint density at radius 2 is 2.15 bits per heavy atom. The van der Waals surface area contributed by atoms with Crippen molar-refractivity contribution in [1.29, 1.82) is 5.26 Å². The molecule has 10 heteroatoms. The largest absolute Gasteiger partial charge is 0.396 e. The van der Waals surface area contributed by atoms with Crippen LogP contribution in [0.3, 0.4) is 0 Å². The molecule has 1 fully saturated rings. The molecule has 1 aliphatic rings. The Kier molecular flexibility index (Phi) is 7.97. The van der Waals surface area contributed by atoms with Crippen molar-refractivity contribution in [3.8, 4) is 6.07 Å². The number of rotatable bonds is 3. The molecule has 0 saturated carbocycles. The predicted molar refractivity (Wildman–Crippen MR) is 109 cm³/mol. The van der Waals surface area contributed by atoms with Crippen LogP contribution in [-0.2, 0) is 10.0 Å². The van der Waals surface area contributed by atoms with Crippen LogP contribution in [0.4, 0.5) is 0 Å². The lowest BCUT2D eigenvalue weighted by Gasteiger charge is -2.17. The molecule has 2 aromatic rings. The highest BCUT2D eigenvalue weighted by molar-refractivity contribution is 9.10. The fraction of sp³-hybridized carbons (Fsp3) is 0.294. The first kappa shape index (κ1) is 22.0. The third-order valence-corrected chi connectivity index (χ3v) is 7.03. The van der Waals surface area contributed by atoms with Gasteiger partial charge in [-0.3, -0.25) is 0 Å². The van der Waals surface area contributed by atoms with Gasteiger partial charge < -0.3 is 10.1 Å². The number of aliphatic hydroxyl groups excluding tert-OH is 1. The first-order chi connectivity index (χ1) is 12.8. The van der Waals surface area contributed by atoms with Crippen molar-refractivity contribution in [2.24, 2.45) is 5.92 Å². The van der Waals surface area contributed by atoms with Crippen molar-refractivity contribution >= 4 is 49.8 Å². The molecule has 1 aromatic heterocycles. The number of nitrogens with one attached hydrogen (secondary N) is 1. The first-order valence-corrected chi connectivity index (χ1v) is 10.9. The Morgan fingerprint density at radius 3 is 2.63 bits per heavy atom. The number of hydrogen-bond acceptors (Lipinski definition) is 5. The molecule has 3 rings (SSSR count). The molecule has 0 radical (unpaired) electrons. The summed E-state index contributed by atoms with van der Waals surface area (Å²) in [6.45, 7) is 0.659. The fourth-order valence-corrected chi connectivity index (χ4v) is 4.90. The van der Waals surface area contributed by atoms with Gasteiger partial charge in [0.05, 0.1) is 16.7 Å². The van der Waals surface area contributed by atoms with Crippen LogP contribution in [0.2, 0.25) is 5.02 Å². The molecule has 27 heavy (non-hydrogen) atoms. The van der Waals surface area contributed by atoms with Gasteiger partial charge in [-0.2, -0.15) is 9.57 Å². The van der Waals surface area contributed by atoms with E-state index in [-0.39, 0.29) is 22.4 Å². The van der Waals surface area contributed by atoms with E-state index in [9.17, 15) is 8.42 Å². The maximum atomic E-state index is 12.4. The smallest absolute Gasteiger partial charge is 0.244 e. The number of nitrogens with zero attached hydrogens (tertiary/aromatic N) is 2. The fourth-order valence-electron chi connectivity index (χ4n) is 2.47. The van der Waals surface area contributed by atoms with Gasteiger partial charge in [0.15, 0.2) is 0 Å². The Balaban J connectivity index is 0.000000273. The van der Waals surface area contributed by atoms with Gasteiger partial charge in [0.25, 0.3) is 0 Å². The molecule has 1 aromatic carbocycles. The van der Waals surface area contributed by atoms with Gasteiger partial charge in [-0.1, -0.05) is 23.8 Å². The normalized spacial score (nSPS) is 17.0. The number of aromatic amines is 1. The van der Waals surface area contributed by atoms with Gasteiger partial charge in [-0.15, -0.1) is 0 Å². The molecule has 1 saturated heterocycles. The van der Waals surface area contributed by atoms with Crippen LogP contribution in [0.5, 0.6) is 0 Å². The molecular weight excluding hydrogens is 474 g/mol. The average Bonchev–Trinajstić information content (AvgIpc) is 3.14. The van der Waals surface area contributed by atoms with Gasteiger partial charge in [0.1, 0.15) is 9.54 Å². The zero-order chi connectivity index (χ0) is 20.0. The van der Waals surface area contributed by atoms with Crippen LogP contribution in [0, 0.1) is 21.9 Å². The SMILES string of the molecule is N#Cc1ccc(S(=O)(=O)N2CCC(CO)C2)c(Cl)c1.S=c1ccc(Br)c[nH]1. The van der Waals surface area contributed by atoms with E-state index < -0.39 is 10.0 Å². The highest BCUT2D eigenvalue weighted by atomic mass is 79.9. The van der Waals surface area contributed by atoms with E-state index in [1.807, 2.05) is 24.4 Å². The number of sulfonamides is 1. The quantitative estimate of drug-likeness (QED) is 0.639. The summed E-state index contributed by atoms with van der Waals surface area (Å²) in [5.74, 6) is -0.0214. The maximum Gasteiger partial charge on any atom is 0.244 e. The van der Waals surface area contributed by atoms with Crippen molar-refractivity contribution in [3.63, 3.8) is 0 Å². The molecule has 0 aliphatic carbocycles. The molecule has 0 bridgehead atoms. The lowest BCUT2D eigenvalue weighted by molar-refractivity contribution is 0.233. The van der Waals surface area contributed by atoms with E-state index >= 15 is 0 Å². The number of hydrogen-bond donors (Lipinski definition) is 2. The molecule has 1 atom stereocenters. The summed E-state index contributed by atoms with van der Waals surface area (Å²) in [7, 11) is -3.66. The van der Waals surface area contributed by atoms with Gasteiger partial charge >= 0.3 is 0 Å². The van der Waals surface area contributed by atoms with Gasteiger partial charge in [-0.05, 0) is 58.6 Å². The Labute approximate surface area is 176 Å². The second-order valence-electron chi connectivity index (χ2n) is 5.83. The Morgan fingerprint density at radius 1 is 1.41 bits per heavy atom. The molecular formula is C17H17BrClN3O3S2. The van der Waals surface area contributed by atoms with E-state index in [1.165, 1.54) is 22.5 Å². The van der Waals surface area contributed by atoms with Gasteiger partial charge in [-0.25, -0.2) is 8.42 Å². The molecule has 144 valence electrons. The van der Waals surface area contributed by atoms with Crippen LogP contribution < -0.4 is 0 Å². The number of aromatic nitrogens is 1. The minimum Gasteiger partial charge on any atom is -0.396 e. The molecule has 0 spiro atoms. The third-order valence-electron chi connectivity index (χ3n) is 3.93. The van der Waals surface area contributed by atoms with Crippen molar-refractivity contribution in [2.75, 3.05) is 19.7 Å². The summed E-state index contributed by atoms with van der Waals surface area (Å²) in [4.78, 5) is 2.87. The summed E-state index contributed by atoms with van der Waals surface area (Å²) >= 11 is 14.0. The minimum atomic E-state index is -3.66. The van der Waals surface area contributed by atoms with Crippen LogP contribution >= 0.6 is 39.7 Å². The van der Waals surface area contributed by atoms with Crippen molar-refractivity contribution in [1.82, 2.24) is 9.29 Å². The lowest BCUT2D eigenvalue weighted by atomic mass is 10.1. The monoisotopic (exact) mass is 489 g/mol. The maximum absolute atomic E-state index is 12.4. The zero-order valence-corrected chi connectivity index (χ0v) is 18.1. The lowest BCUT2D eigenvalue weighted by Crippen LogP contribution is -2.29. The Hall–Kier alpha value is -1.28. The molecule has 0 amide bonds. The highest BCUT2D eigenvalue weighted by Gasteiger charge is 2.33. The topological polar surface area (TPSA) is 97.2 Å². The summed E-state index contributed by atoms with van der Waals surface area (Å²) < 4.78 is 27.9. The summed E-state index contributed by atoms with van der Waals surface area (Å²) in [5.41, 5.74) is 0.318. The third kappa shape index (κ3) is 5.85. The molecule has 1 aliphatic heterocycles. The summed E-state index contributed by atoms with van der Waals surface area (Å²) in [6.07, 6.45) is 2.45. The molecule has 6 nitrogen and oxygen atoms in total. The van der Waals surface area contributed by atoms with E-state index in [0.717, 1.165) is 9.11 Å². The van der Waals surface area contributed by atoms with E-state index in [4.69, 9.17) is 34.2 Å². The molecule has 1 unspecified atom stereocenters. The van der Waals surface area contributed by atoms with E-state index in [0.29, 0.717) is 25.1 Å². The van der Waals surface area contributed by atoms with Gasteiger partial charge in [0.2, 0.25) is 10.0 Å². The summed E-state index contributed by atoms with van der Waals surface area (Å²) in [5, 5.41) is 17.8. The van der Waals surface area contributed by atoms with Gasteiger partial charge in [0, 0.05) is 30.4 Å². The minimum absolute atomic E-state index is 0.00626. The first-order valence-electron chi connectivity index (χ1n) is 7.93. The van der Waals surface area contributed by atoms with Crippen molar-refractivity contribution < 1.29 is 13.5 Å². The van der Waals surface area contributed by atoms with Crippen molar-refractivity contribution in [3.05, 3.63) is 56.2 Å². The number of aliphatic hydroxyl groups is 1. The second kappa shape index (κ2) is 9.78. The molecule has 2 N–H and O–H groups in total. The summed E-state index contributed by atoms with van der Waals surface area (Å²) in [6, 6.07) is 9.76. The van der Waals surface area contributed by atoms with Crippen LogP contribution in [-0.4, -0.2) is 42.5 Å². The number of benzene rings is 1. The Bertz CT molecular complexity index is 985. The average molecular weight is 491 g/mol. The number of nitriles is 1. The number of H-pyrrole nitrogens is 1. The highest BCUT2D eigenvalue weighted by Crippen LogP contribution is 2.29. The standard InChI is InChI=1S/C12H13ClN2O3S.C5H4BrNS/c13-11-5-9(6-14)1-2-12(11)19(17,18)15-4-3-10(7-15)8-16;6-4-1-2-5(8)7-3-4/h1-2,5,10,16H,3-4,7-8H2;1-3H,(H,7,8). The predicted octanol–water partition coefficient (Wildman–Crippen LogP) is 3.72. The second-order valence-corrected chi connectivity index (χ2v) is 9.50. The van der Waals surface area contributed by atoms with E-state index in [2.05, 4.69) is 20.9 Å². The van der Waals surface area contributed by atoms with Crippen molar-refractivity contribution in [2.45, 2.75) is 11.3 Å². The van der Waals surface area contributed by atoms with Crippen LogP contribution in [0.1, 0.15) is 12.0 Å². The molecule has 2 heterocycles. The van der Waals surface area contributed by atoms with E-state index in [1.54, 1.807) is 0 Å². The number of halogens is 2. The zero-order valence-electron chi connectivity index (χ0n) is 14.1. The van der Waals surface area contributed by atoms with Crippen LogP contribution in [0.25, 0.3) is 0 Å². The van der Waals surface area contributed by atoms with Crippen LogP contribution in [0.15, 0.2) is 45.9 Å².